The summed E-state index contributed by atoms with van der Waals surface area (Å²) in [5.74, 6) is -1.29. The van der Waals surface area contributed by atoms with Gasteiger partial charge in [-0.2, -0.15) is 0 Å². The summed E-state index contributed by atoms with van der Waals surface area (Å²) in [5, 5.41) is 7.64. The van der Waals surface area contributed by atoms with Crippen molar-refractivity contribution in [3.05, 3.63) is 41.1 Å². The van der Waals surface area contributed by atoms with E-state index in [1.54, 1.807) is 32.9 Å². The Kier molecular flexibility index (Phi) is 8.21. The zero-order chi connectivity index (χ0) is 22.1. The van der Waals surface area contributed by atoms with Crippen LogP contribution in [0.1, 0.15) is 37.6 Å². The Bertz CT molecular complexity index is 851. The molecule has 1 atom stereocenters. The maximum atomic E-state index is 12.5. The third-order valence-corrected chi connectivity index (χ3v) is 4.11. The average molecular weight is 419 g/mol. The molecule has 1 aromatic carbocycles. The first-order valence-corrected chi connectivity index (χ1v) is 9.58. The van der Waals surface area contributed by atoms with Crippen LogP contribution in [0.5, 0.6) is 0 Å². The van der Waals surface area contributed by atoms with E-state index in [9.17, 15) is 19.2 Å². The van der Waals surface area contributed by atoms with Gasteiger partial charge in [0.15, 0.2) is 0 Å². The van der Waals surface area contributed by atoms with Gasteiger partial charge in [-0.25, -0.2) is 19.2 Å². The molecule has 0 saturated heterocycles. The molecule has 3 N–H and O–H groups in total. The molecule has 0 aliphatic carbocycles. The molecule has 3 amide bonds. The number of carbonyl (C=O) groups excluding carboxylic acids is 4. The average Bonchev–Trinajstić information content (AvgIpc) is 2.71. The van der Waals surface area contributed by atoms with Crippen LogP contribution in [-0.4, -0.2) is 49.9 Å². The summed E-state index contributed by atoms with van der Waals surface area (Å²) >= 11 is 0. The Balaban J connectivity index is 2.15. The third kappa shape index (κ3) is 5.97. The van der Waals surface area contributed by atoms with Gasteiger partial charge in [-0.3, -0.25) is 5.32 Å². The highest BCUT2D eigenvalue weighted by atomic mass is 16.5. The molecule has 1 aliphatic rings. The summed E-state index contributed by atoms with van der Waals surface area (Å²) < 4.78 is 15.1. The van der Waals surface area contributed by atoms with Crippen molar-refractivity contribution < 1.29 is 33.4 Å². The predicted molar refractivity (Wildman–Crippen MR) is 107 cm³/mol. The normalized spacial score (nSPS) is 15.6. The van der Waals surface area contributed by atoms with Crippen LogP contribution in [0.15, 0.2) is 35.5 Å². The number of anilines is 1. The molecule has 10 nitrogen and oxygen atoms in total. The van der Waals surface area contributed by atoms with E-state index < -0.39 is 30.1 Å². The van der Waals surface area contributed by atoms with Crippen molar-refractivity contribution in [2.45, 2.75) is 33.2 Å². The first-order valence-electron chi connectivity index (χ1n) is 9.58. The Morgan fingerprint density at radius 3 is 2.43 bits per heavy atom. The van der Waals surface area contributed by atoms with Gasteiger partial charge in [0.2, 0.25) is 0 Å². The predicted octanol–water partition coefficient (Wildman–Crippen LogP) is 2.32. The number of hydrogen-bond donors (Lipinski definition) is 3. The van der Waals surface area contributed by atoms with Crippen LogP contribution in [0.25, 0.3) is 0 Å². The number of ether oxygens (including phenoxy) is 3. The zero-order valence-electron chi connectivity index (χ0n) is 17.1. The van der Waals surface area contributed by atoms with Crippen LogP contribution in [0.2, 0.25) is 0 Å². The van der Waals surface area contributed by atoms with Gasteiger partial charge in [0.1, 0.15) is 6.61 Å². The van der Waals surface area contributed by atoms with Crippen LogP contribution in [0.3, 0.4) is 0 Å². The second kappa shape index (κ2) is 10.8. The first-order chi connectivity index (χ1) is 14.4. The van der Waals surface area contributed by atoms with Crippen molar-refractivity contribution in [1.29, 1.82) is 0 Å². The van der Waals surface area contributed by atoms with Crippen LogP contribution in [-0.2, 0) is 19.0 Å². The highest BCUT2D eigenvalue weighted by Crippen LogP contribution is 2.18. The van der Waals surface area contributed by atoms with Gasteiger partial charge < -0.3 is 24.8 Å². The summed E-state index contributed by atoms with van der Waals surface area (Å²) in [6.07, 6.45) is -0.184. The van der Waals surface area contributed by atoms with E-state index in [0.29, 0.717) is 12.1 Å². The molecule has 1 heterocycles. The zero-order valence-corrected chi connectivity index (χ0v) is 17.1. The van der Waals surface area contributed by atoms with Gasteiger partial charge in [-0.15, -0.1) is 0 Å². The molecule has 0 spiro atoms. The van der Waals surface area contributed by atoms with E-state index in [4.69, 9.17) is 14.2 Å². The van der Waals surface area contributed by atoms with Gasteiger partial charge in [-0.1, -0.05) is 13.0 Å². The number of amides is 3. The van der Waals surface area contributed by atoms with Crippen LogP contribution in [0.4, 0.5) is 15.3 Å². The number of urea groups is 1. The molecular weight excluding hydrogens is 394 g/mol. The molecule has 0 radical (unpaired) electrons. The molecule has 0 bridgehead atoms. The molecule has 162 valence electrons. The van der Waals surface area contributed by atoms with Gasteiger partial charge in [0, 0.05) is 5.69 Å². The topological polar surface area (TPSA) is 132 Å². The van der Waals surface area contributed by atoms with Crippen molar-refractivity contribution in [3.63, 3.8) is 0 Å². The molecule has 1 aromatic rings. The van der Waals surface area contributed by atoms with Gasteiger partial charge in [-0.05, 0) is 38.5 Å². The van der Waals surface area contributed by atoms with Crippen molar-refractivity contribution in [2.24, 2.45) is 0 Å². The number of nitrogens with one attached hydrogen (secondary N) is 3. The van der Waals surface area contributed by atoms with Crippen LogP contribution in [0, 0.1) is 0 Å². The van der Waals surface area contributed by atoms with Gasteiger partial charge >= 0.3 is 24.1 Å². The first kappa shape index (κ1) is 22.7. The number of benzene rings is 1. The lowest BCUT2D eigenvalue weighted by Gasteiger charge is -2.28. The molecule has 30 heavy (non-hydrogen) atoms. The van der Waals surface area contributed by atoms with Crippen LogP contribution >= 0.6 is 0 Å². The minimum atomic E-state index is -0.695. The van der Waals surface area contributed by atoms with Crippen LogP contribution < -0.4 is 16.0 Å². The van der Waals surface area contributed by atoms with E-state index in [1.807, 2.05) is 0 Å². The summed E-state index contributed by atoms with van der Waals surface area (Å²) in [5.41, 5.74) is 0.910. The number of carbonyl (C=O) groups is 4. The minimum absolute atomic E-state index is 0.165. The molecule has 0 fully saturated rings. The lowest BCUT2D eigenvalue weighted by molar-refractivity contribution is -0.139. The third-order valence-electron chi connectivity index (χ3n) is 4.11. The van der Waals surface area contributed by atoms with Gasteiger partial charge in [0.05, 0.1) is 36.1 Å². The maximum Gasteiger partial charge on any atom is 0.411 e. The summed E-state index contributed by atoms with van der Waals surface area (Å²) in [6.45, 7) is 5.21. The Labute approximate surface area is 173 Å². The fourth-order valence-corrected chi connectivity index (χ4v) is 2.81. The van der Waals surface area contributed by atoms with Crippen molar-refractivity contribution >= 4 is 29.8 Å². The lowest BCUT2D eigenvalue weighted by Crippen LogP contribution is -2.51. The second-order valence-corrected chi connectivity index (χ2v) is 6.17. The van der Waals surface area contributed by atoms with E-state index in [2.05, 4.69) is 16.0 Å². The summed E-state index contributed by atoms with van der Waals surface area (Å²) in [4.78, 5) is 48.2. The van der Waals surface area contributed by atoms with E-state index in [-0.39, 0.29) is 36.7 Å². The number of rotatable bonds is 8. The SMILES string of the molecule is CCOC(=O)Nc1cccc(C(=O)OCC2=C(C(=O)OCC)[C@H](CC)NC(=O)N2)c1. The number of hydrogen-bond acceptors (Lipinski definition) is 7. The Morgan fingerprint density at radius 1 is 1.03 bits per heavy atom. The summed E-state index contributed by atoms with van der Waals surface area (Å²) in [7, 11) is 0. The van der Waals surface area contributed by atoms with E-state index in [1.165, 1.54) is 12.1 Å². The smallest absolute Gasteiger partial charge is 0.411 e. The Morgan fingerprint density at radius 2 is 1.77 bits per heavy atom. The molecule has 10 heteroatoms. The number of esters is 2. The largest absolute Gasteiger partial charge is 0.463 e. The summed E-state index contributed by atoms with van der Waals surface area (Å²) in [6, 6.07) is 5.05. The molecule has 0 saturated carbocycles. The molecular formula is C20H25N3O7. The monoisotopic (exact) mass is 419 g/mol. The minimum Gasteiger partial charge on any atom is -0.463 e. The molecule has 0 aromatic heterocycles. The van der Waals surface area contributed by atoms with Crippen molar-refractivity contribution in [2.75, 3.05) is 25.1 Å². The molecule has 2 rings (SSSR count). The van der Waals surface area contributed by atoms with Crippen molar-refractivity contribution in [1.82, 2.24) is 10.6 Å². The second-order valence-electron chi connectivity index (χ2n) is 6.17. The Hall–Kier alpha value is -3.56. The van der Waals surface area contributed by atoms with Gasteiger partial charge in [0.25, 0.3) is 0 Å². The fraction of sp³-hybridized carbons (Fsp3) is 0.400. The van der Waals surface area contributed by atoms with Crippen molar-refractivity contribution in [3.8, 4) is 0 Å². The molecule has 0 unspecified atom stereocenters. The van der Waals surface area contributed by atoms with E-state index in [0.717, 1.165) is 0 Å². The lowest BCUT2D eigenvalue weighted by atomic mass is 10.0. The standard InChI is InChI=1S/C20H25N3O7/c1-4-14-16(18(25)28-5-2)15(23-19(26)22-14)11-30-17(24)12-8-7-9-13(10-12)21-20(27)29-6-3/h7-10,14H,4-6,11H2,1-3H3,(H,21,27)(H2,22,23,26)/t14-/m0/s1. The highest BCUT2D eigenvalue weighted by molar-refractivity contribution is 5.95. The van der Waals surface area contributed by atoms with E-state index >= 15 is 0 Å². The molecule has 1 aliphatic heterocycles. The maximum absolute atomic E-state index is 12.5. The highest BCUT2D eigenvalue weighted by Gasteiger charge is 2.32. The fourth-order valence-electron chi connectivity index (χ4n) is 2.81. The quantitative estimate of drug-likeness (QED) is 0.435.